The molecule has 1 aromatic carbocycles. The Balaban J connectivity index is 0.00000180. The van der Waals surface area contributed by atoms with Crippen LogP contribution in [0.5, 0.6) is 5.75 Å². The molecule has 1 aromatic rings. The maximum Gasteiger partial charge on any atom is 0.254 e. The number of amides is 1. The molecule has 2 N–H and O–H groups in total. The van der Waals surface area contributed by atoms with E-state index in [0.717, 1.165) is 18.0 Å². The van der Waals surface area contributed by atoms with E-state index in [-0.39, 0.29) is 18.3 Å². The summed E-state index contributed by atoms with van der Waals surface area (Å²) in [5, 5.41) is 5.94. The van der Waals surface area contributed by atoms with Crippen molar-refractivity contribution in [2.75, 3.05) is 31.6 Å². The van der Waals surface area contributed by atoms with Crippen LogP contribution in [0.25, 0.3) is 0 Å². The first-order valence-electron chi connectivity index (χ1n) is 6.15. The molecule has 1 aliphatic rings. The Morgan fingerprint density at radius 2 is 2.21 bits per heavy atom. The zero-order valence-corrected chi connectivity index (χ0v) is 11.7. The molecule has 1 atom stereocenters. The lowest BCUT2D eigenvalue weighted by Crippen LogP contribution is -2.45. The monoisotopic (exact) mass is 286 g/mol. The first-order valence-corrected chi connectivity index (χ1v) is 6.15. The molecule has 0 saturated carbocycles. The molecule has 5 nitrogen and oxygen atoms in total. The van der Waals surface area contributed by atoms with E-state index in [4.69, 9.17) is 9.47 Å². The summed E-state index contributed by atoms with van der Waals surface area (Å²) in [6, 6.07) is 7.30. The summed E-state index contributed by atoms with van der Waals surface area (Å²) in [5.41, 5.74) is 0.748. The van der Waals surface area contributed by atoms with Crippen molar-refractivity contribution < 1.29 is 14.3 Å². The van der Waals surface area contributed by atoms with E-state index in [9.17, 15) is 4.79 Å². The van der Waals surface area contributed by atoms with Gasteiger partial charge >= 0.3 is 0 Å². The number of halogens is 1. The number of rotatable bonds is 4. The molecule has 1 saturated heterocycles. The smallest absolute Gasteiger partial charge is 0.254 e. The minimum atomic E-state index is -0.412. The van der Waals surface area contributed by atoms with Gasteiger partial charge in [-0.2, -0.15) is 0 Å². The quantitative estimate of drug-likeness (QED) is 0.879. The number of nitrogens with one attached hydrogen (secondary N) is 2. The highest BCUT2D eigenvalue weighted by Gasteiger charge is 2.21. The average Bonchev–Trinajstić information content (AvgIpc) is 2.42. The van der Waals surface area contributed by atoms with Gasteiger partial charge in [-0.1, -0.05) is 0 Å². The Hall–Kier alpha value is -1.30. The molecular weight excluding hydrogens is 268 g/mol. The SMILES string of the molecule is CCOc1ccc(NC(=O)C2CNCCO2)cc1.Cl. The molecule has 1 fully saturated rings. The number of benzene rings is 1. The Morgan fingerprint density at radius 1 is 1.47 bits per heavy atom. The Morgan fingerprint density at radius 3 is 2.79 bits per heavy atom. The first kappa shape index (κ1) is 15.8. The van der Waals surface area contributed by atoms with Gasteiger partial charge in [0.15, 0.2) is 0 Å². The Labute approximate surface area is 119 Å². The van der Waals surface area contributed by atoms with Crippen LogP contribution in [-0.4, -0.2) is 38.3 Å². The van der Waals surface area contributed by atoms with Gasteiger partial charge in [0.1, 0.15) is 11.9 Å². The van der Waals surface area contributed by atoms with Crippen LogP contribution >= 0.6 is 12.4 Å². The molecule has 0 spiro atoms. The van der Waals surface area contributed by atoms with Crippen LogP contribution in [0.4, 0.5) is 5.69 Å². The van der Waals surface area contributed by atoms with Crippen LogP contribution in [0.3, 0.4) is 0 Å². The van der Waals surface area contributed by atoms with Crippen LogP contribution in [-0.2, 0) is 9.53 Å². The second-order valence-electron chi connectivity index (χ2n) is 4.01. The number of anilines is 1. The second kappa shape index (κ2) is 7.99. The van der Waals surface area contributed by atoms with E-state index in [2.05, 4.69) is 10.6 Å². The van der Waals surface area contributed by atoms with E-state index < -0.39 is 6.10 Å². The minimum absolute atomic E-state index is 0. The zero-order chi connectivity index (χ0) is 12.8. The first-order chi connectivity index (χ1) is 8.79. The maximum absolute atomic E-state index is 11.9. The molecule has 0 aliphatic carbocycles. The minimum Gasteiger partial charge on any atom is -0.494 e. The molecule has 1 heterocycles. The van der Waals surface area contributed by atoms with Crippen molar-refractivity contribution in [3.63, 3.8) is 0 Å². The van der Waals surface area contributed by atoms with Crippen molar-refractivity contribution in [3.05, 3.63) is 24.3 Å². The Kier molecular flexibility index (Phi) is 6.62. The molecule has 1 unspecified atom stereocenters. The topological polar surface area (TPSA) is 59.6 Å². The zero-order valence-electron chi connectivity index (χ0n) is 10.8. The number of carbonyl (C=O) groups excluding carboxylic acids is 1. The Bertz CT molecular complexity index is 391. The third-order valence-electron chi connectivity index (χ3n) is 2.65. The predicted molar refractivity (Wildman–Crippen MR) is 76.1 cm³/mol. The number of hydrogen-bond acceptors (Lipinski definition) is 4. The highest BCUT2D eigenvalue weighted by atomic mass is 35.5. The number of morpholine rings is 1. The van der Waals surface area contributed by atoms with E-state index in [1.54, 1.807) is 0 Å². The van der Waals surface area contributed by atoms with Crippen molar-refractivity contribution in [1.82, 2.24) is 5.32 Å². The van der Waals surface area contributed by atoms with Crippen LogP contribution in [0.1, 0.15) is 6.92 Å². The van der Waals surface area contributed by atoms with Gasteiger partial charge in [-0.05, 0) is 31.2 Å². The van der Waals surface area contributed by atoms with E-state index in [1.807, 2.05) is 31.2 Å². The summed E-state index contributed by atoms with van der Waals surface area (Å²) in [5.74, 6) is 0.678. The van der Waals surface area contributed by atoms with Gasteiger partial charge in [-0.25, -0.2) is 0 Å². The standard InChI is InChI=1S/C13H18N2O3.ClH/c1-2-17-11-5-3-10(4-6-11)15-13(16)12-9-14-7-8-18-12;/h3-6,12,14H,2,7-9H2,1H3,(H,15,16);1H. The van der Waals surface area contributed by atoms with Crippen molar-refractivity contribution in [2.45, 2.75) is 13.0 Å². The summed E-state index contributed by atoms with van der Waals surface area (Å²) in [6.45, 7) is 4.49. The highest BCUT2D eigenvalue weighted by molar-refractivity contribution is 5.94. The highest BCUT2D eigenvalue weighted by Crippen LogP contribution is 2.16. The lowest BCUT2D eigenvalue weighted by molar-refractivity contribution is -0.128. The number of ether oxygens (including phenoxy) is 2. The maximum atomic E-state index is 11.9. The fourth-order valence-corrected chi connectivity index (χ4v) is 1.76. The van der Waals surface area contributed by atoms with Gasteiger partial charge in [0.05, 0.1) is 13.2 Å². The van der Waals surface area contributed by atoms with E-state index in [1.165, 1.54) is 0 Å². The van der Waals surface area contributed by atoms with Gasteiger partial charge in [0.2, 0.25) is 0 Å². The molecule has 1 aliphatic heterocycles. The molecule has 0 aromatic heterocycles. The number of hydrogen-bond donors (Lipinski definition) is 2. The van der Waals surface area contributed by atoms with Gasteiger partial charge in [0.25, 0.3) is 5.91 Å². The van der Waals surface area contributed by atoms with Crippen LogP contribution in [0, 0.1) is 0 Å². The third kappa shape index (κ3) is 4.70. The summed E-state index contributed by atoms with van der Waals surface area (Å²) >= 11 is 0. The molecule has 0 bridgehead atoms. The summed E-state index contributed by atoms with van der Waals surface area (Å²) in [6.07, 6.45) is -0.412. The van der Waals surface area contributed by atoms with Crippen LogP contribution in [0.2, 0.25) is 0 Å². The molecule has 2 rings (SSSR count). The van der Waals surface area contributed by atoms with Gasteiger partial charge in [-0.3, -0.25) is 4.79 Å². The van der Waals surface area contributed by atoms with Gasteiger partial charge in [0, 0.05) is 18.8 Å². The molecule has 0 radical (unpaired) electrons. The second-order valence-corrected chi connectivity index (χ2v) is 4.01. The molecule has 6 heteroatoms. The summed E-state index contributed by atoms with van der Waals surface area (Å²) in [4.78, 5) is 11.9. The molecular formula is C13H19ClN2O3. The number of carbonyl (C=O) groups is 1. The largest absolute Gasteiger partial charge is 0.494 e. The third-order valence-corrected chi connectivity index (χ3v) is 2.65. The van der Waals surface area contributed by atoms with Crippen LogP contribution < -0.4 is 15.4 Å². The van der Waals surface area contributed by atoms with E-state index in [0.29, 0.717) is 19.8 Å². The van der Waals surface area contributed by atoms with Gasteiger partial charge < -0.3 is 20.1 Å². The van der Waals surface area contributed by atoms with Crippen LogP contribution in [0.15, 0.2) is 24.3 Å². The van der Waals surface area contributed by atoms with E-state index >= 15 is 0 Å². The predicted octanol–water partition coefficient (Wildman–Crippen LogP) is 1.43. The van der Waals surface area contributed by atoms with Crippen molar-refractivity contribution in [3.8, 4) is 5.75 Å². The molecule has 1 amide bonds. The van der Waals surface area contributed by atoms with Crippen molar-refractivity contribution in [2.24, 2.45) is 0 Å². The fourth-order valence-electron chi connectivity index (χ4n) is 1.76. The average molecular weight is 287 g/mol. The molecule has 19 heavy (non-hydrogen) atoms. The lowest BCUT2D eigenvalue weighted by atomic mass is 10.2. The fraction of sp³-hybridized carbons (Fsp3) is 0.462. The summed E-state index contributed by atoms with van der Waals surface area (Å²) in [7, 11) is 0. The lowest BCUT2D eigenvalue weighted by Gasteiger charge is -2.22. The van der Waals surface area contributed by atoms with Gasteiger partial charge in [-0.15, -0.1) is 12.4 Å². The summed E-state index contributed by atoms with van der Waals surface area (Å²) < 4.78 is 10.7. The van der Waals surface area contributed by atoms with Crippen molar-refractivity contribution in [1.29, 1.82) is 0 Å². The van der Waals surface area contributed by atoms with Crippen molar-refractivity contribution >= 4 is 24.0 Å². The molecule has 106 valence electrons. The normalized spacial score (nSPS) is 18.3.